The van der Waals surface area contributed by atoms with Gasteiger partial charge < -0.3 is 15.5 Å². The minimum absolute atomic E-state index is 0.110. The lowest BCUT2D eigenvalue weighted by Crippen LogP contribution is -2.62. The topological polar surface area (TPSA) is 121 Å². The van der Waals surface area contributed by atoms with Gasteiger partial charge in [0, 0.05) is 6.42 Å². The minimum atomic E-state index is -3.72. The molecule has 4 aliphatic carbocycles. The summed E-state index contributed by atoms with van der Waals surface area (Å²) in [5, 5.41) is 25.1. The summed E-state index contributed by atoms with van der Waals surface area (Å²) in [4.78, 5) is 25.2. The molecule has 0 unspecified atom stereocenters. The summed E-state index contributed by atoms with van der Waals surface area (Å²) < 4.78 is 25.0. The number of aliphatic hydroxyl groups excluding tert-OH is 2. The zero-order valence-electron chi connectivity index (χ0n) is 26.5. The number of carbonyl (C=O) groups is 2. The van der Waals surface area contributed by atoms with Crippen LogP contribution in [-0.4, -0.2) is 54.8 Å². The molecule has 0 saturated heterocycles. The summed E-state index contributed by atoms with van der Waals surface area (Å²) in [6, 6.07) is 7.91. The number of hydrogen-bond acceptors (Lipinski definition) is 6. The normalized spacial score (nSPS) is 39.7. The van der Waals surface area contributed by atoms with E-state index in [0.29, 0.717) is 41.9 Å². The fourth-order valence-electron chi connectivity index (χ4n) is 10.8. The van der Waals surface area contributed by atoms with E-state index in [1.807, 2.05) is 0 Å². The number of carbonyl (C=O) groups excluding carboxylic acids is 2. The predicted octanol–water partition coefficient (Wildman–Crippen LogP) is 5.19. The van der Waals surface area contributed by atoms with Crippen molar-refractivity contribution < 1.29 is 28.2 Å². The van der Waals surface area contributed by atoms with E-state index in [2.05, 4.69) is 33.0 Å². The van der Waals surface area contributed by atoms with Crippen LogP contribution in [0.1, 0.15) is 91.9 Å². The Morgan fingerprint density at radius 3 is 2.35 bits per heavy atom. The number of sulfone groups is 1. The highest BCUT2D eigenvalue weighted by atomic mass is 32.2. The van der Waals surface area contributed by atoms with Crippen LogP contribution in [0.3, 0.4) is 0 Å². The molecule has 3 N–H and O–H groups in total. The van der Waals surface area contributed by atoms with Gasteiger partial charge in [0.25, 0.3) is 0 Å². The zero-order valence-corrected chi connectivity index (χ0v) is 27.3. The maximum absolute atomic E-state index is 12.7. The molecule has 4 fully saturated rings. The van der Waals surface area contributed by atoms with Crippen LogP contribution in [-0.2, 0) is 19.4 Å². The van der Waals surface area contributed by atoms with Gasteiger partial charge in [-0.2, -0.15) is 0 Å². The summed E-state index contributed by atoms with van der Waals surface area (Å²) in [5.41, 5.74) is 0.320. The van der Waals surface area contributed by atoms with Crippen molar-refractivity contribution in [2.75, 3.05) is 12.3 Å². The number of ketones is 1. The Balaban J connectivity index is 1.17. The highest BCUT2D eigenvalue weighted by molar-refractivity contribution is 7.92. The quantitative estimate of drug-likeness (QED) is 0.333. The second-order valence-electron chi connectivity index (χ2n) is 15.0. The van der Waals surface area contributed by atoms with E-state index in [-0.39, 0.29) is 46.3 Å². The van der Waals surface area contributed by atoms with Crippen molar-refractivity contribution in [3.05, 3.63) is 30.3 Å². The molecule has 1 amide bonds. The van der Waals surface area contributed by atoms with Crippen LogP contribution in [0.25, 0.3) is 0 Å². The van der Waals surface area contributed by atoms with E-state index in [4.69, 9.17) is 0 Å². The first kappa shape index (κ1) is 32.6. The molecule has 0 spiro atoms. The van der Waals surface area contributed by atoms with Crippen LogP contribution in [0.2, 0.25) is 0 Å². The largest absolute Gasteiger partial charge is 0.393 e. The maximum atomic E-state index is 12.7. The summed E-state index contributed by atoms with van der Waals surface area (Å²) in [6.45, 7) is 9.09. The van der Waals surface area contributed by atoms with Gasteiger partial charge in [0.2, 0.25) is 5.91 Å². The van der Waals surface area contributed by atoms with Crippen LogP contribution in [0.5, 0.6) is 0 Å². The Bertz CT molecular complexity index is 1270. The monoisotopic (exact) mass is 615 g/mol. The third kappa shape index (κ3) is 6.09. The van der Waals surface area contributed by atoms with Crippen LogP contribution in [0.15, 0.2) is 35.2 Å². The second-order valence-corrected chi connectivity index (χ2v) is 17.0. The number of rotatable bonds is 10. The van der Waals surface area contributed by atoms with Crippen molar-refractivity contribution in [2.24, 2.45) is 52.3 Å². The first-order chi connectivity index (χ1) is 20.3. The molecule has 0 bridgehead atoms. The van der Waals surface area contributed by atoms with E-state index < -0.39 is 21.4 Å². The molecule has 4 saturated carbocycles. The van der Waals surface area contributed by atoms with Crippen molar-refractivity contribution in [3.63, 3.8) is 0 Å². The molecule has 0 aliphatic heterocycles. The number of Topliss-reactive ketones (excluding diaryl/α,β-unsaturated/α-hetero) is 1. The standard InChI is InChI=1S/C35H53NO6S/c1-5-26-30-19-23(37)15-17-35(30,4)29-16-18-34(3)27(12-13-28(34)32(29)33(26)40)22(2)11-14-31(39)36-20-24(38)21-43(41,42)25-9-7-6-8-10-25/h6-10,22-23,26-30,32-33,37,40H,5,11-21H2,1-4H3,(H,36,39)/t22-,23-,26-,27-,28+,29+,30+,32+,33-,34-,35-/m1/s1. The SMILES string of the molecule is CC[C@H]1[C@@H](O)[C@@H]2[C@H](CC[C@]3(C)[C@@H]([C@H](C)CCC(=O)NCC(=O)CS(=O)(=O)c4ccccc4)CC[C@@H]23)[C@@]2(C)CC[C@@H](O)C[C@@H]12. The van der Waals surface area contributed by atoms with Gasteiger partial charge in [0.05, 0.1) is 23.6 Å². The first-order valence-electron chi connectivity index (χ1n) is 16.7. The lowest BCUT2D eigenvalue weighted by atomic mass is 9.41. The molecule has 8 heteroatoms. The van der Waals surface area contributed by atoms with E-state index in [1.54, 1.807) is 18.2 Å². The molecule has 1 aromatic carbocycles. The van der Waals surface area contributed by atoms with Crippen LogP contribution >= 0.6 is 0 Å². The van der Waals surface area contributed by atoms with Gasteiger partial charge in [-0.25, -0.2) is 8.42 Å². The average Bonchev–Trinajstić information content (AvgIpc) is 3.33. The van der Waals surface area contributed by atoms with Crippen molar-refractivity contribution in [1.29, 1.82) is 0 Å². The molecule has 11 atom stereocenters. The van der Waals surface area contributed by atoms with E-state index in [9.17, 15) is 28.2 Å². The molecule has 0 heterocycles. The number of fused-ring (bicyclic) bond motifs is 5. The van der Waals surface area contributed by atoms with Gasteiger partial charge in [-0.05, 0) is 116 Å². The third-order valence-corrected chi connectivity index (χ3v) is 14.6. The van der Waals surface area contributed by atoms with Gasteiger partial charge in [0.1, 0.15) is 5.75 Å². The summed E-state index contributed by atoms with van der Waals surface area (Å²) in [5.74, 6) is 1.38. The highest BCUT2D eigenvalue weighted by Crippen LogP contribution is 2.69. The number of hydrogen-bond donors (Lipinski definition) is 3. The summed E-state index contributed by atoms with van der Waals surface area (Å²) in [7, 11) is -3.72. The average molecular weight is 616 g/mol. The molecule has 5 rings (SSSR count). The fraction of sp³-hybridized carbons (Fsp3) is 0.771. The highest BCUT2D eigenvalue weighted by Gasteiger charge is 2.64. The molecule has 1 aromatic rings. The maximum Gasteiger partial charge on any atom is 0.220 e. The van der Waals surface area contributed by atoms with Gasteiger partial charge >= 0.3 is 0 Å². The lowest BCUT2D eigenvalue weighted by molar-refractivity contribution is -0.203. The summed E-state index contributed by atoms with van der Waals surface area (Å²) in [6.07, 6.45) is 8.72. The predicted molar refractivity (Wildman–Crippen MR) is 167 cm³/mol. The number of benzene rings is 1. The Morgan fingerprint density at radius 2 is 1.65 bits per heavy atom. The molecule has 0 radical (unpaired) electrons. The van der Waals surface area contributed by atoms with Crippen LogP contribution in [0.4, 0.5) is 0 Å². The Morgan fingerprint density at radius 1 is 0.977 bits per heavy atom. The summed E-state index contributed by atoms with van der Waals surface area (Å²) >= 11 is 0. The minimum Gasteiger partial charge on any atom is -0.393 e. The molecule has 7 nitrogen and oxygen atoms in total. The molecule has 0 aromatic heterocycles. The molecule has 240 valence electrons. The number of nitrogens with one attached hydrogen (secondary N) is 1. The molecule has 4 aliphatic rings. The number of aliphatic hydroxyl groups is 2. The van der Waals surface area contributed by atoms with Gasteiger partial charge in [-0.3, -0.25) is 9.59 Å². The van der Waals surface area contributed by atoms with Gasteiger partial charge in [0.15, 0.2) is 15.6 Å². The second kappa shape index (κ2) is 12.6. The van der Waals surface area contributed by atoms with Gasteiger partial charge in [-0.1, -0.05) is 52.3 Å². The molecular formula is C35H53NO6S. The van der Waals surface area contributed by atoms with Crippen LogP contribution in [0, 0.1) is 52.3 Å². The Kier molecular flexibility index (Phi) is 9.52. The van der Waals surface area contributed by atoms with Crippen molar-refractivity contribution in [3.8, 4) is 0 Å². The third-order valence-electron chi connectivity index (χ3n) is 12.9. The van der Waals surface area contributed by atoms with Gasteiger partial charge in [-0.15, -0.1) is 0 Å². The molecule has 43 heavy (non-hydrogen) atoms. The van der Waals surface area contributed by atoms with Crippen molar-refractivity contribution in [1.82, 2.24) is 5.32 Å². The van der Waals surface area contributed by atoms with Crippen LogP contribution < -0.4 is 5.32 Å². The smallest absolute Gasteiger partial charge is 0.220 e. The van der Waals surface area contributed by atoms with E-state index >= 15 is 0 Å². The Hall–Kier alpha value is -1.77. The number of amides is 1. The van der Waals surface area contributed by atoms with Crippen molar-refractivity contribution >= 4 is 21.5 Å². The fourth-order valence-corrected chi connectivity index (χ4v) is 12.0. The van der Waals surface area contributed by atoms with Crippen molar-refractivity contribution in [2.45, 2.75) is 109 Å². The van der Waals surface area contributed by atoms with E-state index in [1.165, 1.54) is 12.1 Å². The van der Waals surface area contributed by atoms with E-state index in [0.717, 1.165) is 57.8 Å². The lowest BCUT2D eigenvalue weighted by Gasteiger charge is -2.64. The Labute approximate surface area is 258 Å². The zero-order chi connectivity index (χ0) is 31.2. The first-order valence-corrected chi connectivity index (χ1v) is 18.4. The molecular weight excluding hydrogens is 562 g/mol.